The van der Waals surface area contributed by atoms with Gasteiger partial charge in [0.05, 0.1) is 19.4 Å². The molecule has 150 valence electrons. The van der Waals surface area contributed by atoms with E-state index < -0.39 is 6.10 Å². The predicted molar refractivity (Wildman–Crippen MR) is 103 cm³/mol. The molecule has 8 nitrogen and oxygen atoms in total. The first-order chi connectivity index (χ1) is 13.2. The summed E-state index contributed by atoms with van der Waals surface area (Å²) in [5.41, 5.74) is 0. The van der Waals surface area contributed by atoms with Crippen LogP contribution < -0.4 is 5.32 Å². The lowest BCUT2D eigenvalue weighted by Gasteiger charge is -2.36. The highest BCUT2D eigenvalue weighted by Gasteiger charge is 2.24. The minimum absolute atomic E-state index is 0.253. The van der Waals surface area contributed by atoms with Crippen LogP contribution in [0.2, 0.25) is 0 Å². The third-order valence-electron chi connectivity index (χ3n) is 5.11. The standard InChI is InChI=1S/C19H31N5O3/c1-2-20-19(21-14-16(25)17-6-5-13-27-17)24-11-9-22(10-12-24)15-18(26)23-7-3-4-8-23/h5-6,13,16,25H,2-4,7-12,14-15H2,1H3,(H,20,21). The minimum atomic E-state index is -0.743. The summed E-state index contributed by atoms with van der Waals surface area (Å²) < 4.78 is 5.23. The van der Waals surface area contributed by atoms with Gasteiger partial charge >= 0.3 is 0 Å². The Kier molecular flexibility index (Phi) is 7.11. The molecule has 3 heterocycles. The molecule has 0 radical (unpaired) electrons. The number of aliphatic hydroxyl groups is 1. The number of carbonyl (C=O) groups is 1. The summed E-state index contributed by atoms with van der Waals surface area (Å²) in [5.74, 6) is 1.58. The van der Waals surface area contributed by atoms with Crippen molar-refractivity contribution in [2.75, 3.05) is 58.9 Å². The van der Waals surface area contributed by atoms with Gasteiger partial charge < -0.3 is 24.6 Å². The highest BCUT2D eigenvalue weighted by Crippen LogP contribution is 2.14. The van der Waals surface area contributed by atoms with Crippen LogP contribution in [0.3, 0.4) is 0 Å². The maximum Gasteiger partial charge on any atom is 0.236 e. The van der Waals surface area contributed by atoms with E-state index in [4.69, 9.17) is 4.42 Å². The first kappa shape index (κ1) is 19.7. The molecule has 0 aromatic carbocycles. The maximum absolute atomic E-state index is 12.3. The van der Waals surface area contributed by atoms with E-state index in [1.165, 1.54) is 0 Å². The van der Waals surface area contributed by atoms with E-state index in [1.807, 2.05) is 11.8 Å². The Morgan fingerprint density at radius 3 is 2.59 bits per heavy atom. The van der Waals surface area contributed by atoms with E-state index in [-0.39, 0.29) is 12.5 Å². The van der Waals surface area contributed by atoms with Crippen LogP contribution in [0.5, 0.6) is 0 Å². The van der Waals surface area contributed by atoms with E-state index in [0.29, 0.717) is 12.3 Å². The lowest BCUT2D eigenvalue weighted by atomic mass is 10.3. The van der Waals surface area contributed by atoms with E-state index in [1.54, 1.807) is 18.4 Å². The normalized spacial score (nSPS) is 20.1. The topological polar surface area (TPSA) is 84.5 Å². The van der Waals surface area contributed by atoms with Crippen molar-refractivity contribution in [3.63, 3.8) is 0 Å². The van der Waals surface area contributed by atoms with Crippen molar-refractivity contribution in [2.45, 2.75) is 25.9 Å². The van der Waals surface area contributed by atoms with Gasteiger partial charge in [-0.25, -0.2) is 4.99 Å². The zero-order valence-electron chi connectivity index (χ0n) is 16.1. The molecule has 2 aliphatic rings. The second-order valence-corrected chi connectivity index (χ2v) is 7.08. The average Bonchev–Trinajstić information content (AvgIpc) is 3.39. The van der Waals surface area contributed by atoms with Crippen LogP contribution in [0.1, 0.15) is 31.6 Å². The fourth-order valence-corrected chi connectivity index (χ4v) is 3.55. The molecule has 1 aromatic rings. The van der Waals surface area contributed by atoms with Gasteiger partial charge in [0.2, 0.25) is 5.91 Å². The molecule has 1 amide bonds. The summed E-state index contributed by atoms with van der Waals surface area (Å²) in [4.78, 5) is 23.3. The van der Waals surface area contributed by atoms with Gasteiger partial charge in [0, 0.05) is 45.8 Å². The number of aliphatic imine (C=N–C) groups is 1. The van der Waals surface area contributed by atoms with Crippen molar-refractivity contribution in [3.05, 3.63) is 24.2 Å². The predicted octanol–water partition coefficient (Wildman–Crippen LogP) is 0.519. The Balaban J connectivity index is 1.49. The van der Waals surface area contributed by atoms with Crippen LogP contribution in [0.4, 0.5) is 0 Å². The molecule has 0 aliphatic carbocycles. The van der Waals surface area contributed by atoms with Gasteiger partial charge in [-0.3, -0.25) is 9.69 Å². The van der Waals surface area contributed by atoms with Crippen LogP contribution in [-0.2, 0) is 4.79 Å². The number of aliphatic hydroxyl groups excluding tert-OH is 1. The number of nitrogens with one attached hydrogen (secondary N) is 1. The van der Waals surface area contributed by atoms with E-state index >= 15 is 0 Å². The molecule has 0 spiro atoms. The second kappa shape index (κ2) is 9.75. The van der Waals surface area contributed by atoms with Crippen molar-refractivity contribution >= 4 is 11.9 Å². The average molecular weight is 377 g/mol. The number of amides is 1. The second-order valence-electron chi connectivity index (χ2n) is 7.08. The number of guanidine groups is 1. The quantitative estimate of drug-likeness (QED) is 0.555. The molecule has 1 unspecified atom stereocenters. The van der Waals surface area contributed by atoms with Gasteiger partial charge in [0.15, 0.2) is 5.96 Å². The van der Waals surface area contributed by atoms with Crippen LogP contribution in [0.15, 0.2) is 27.8 Å². The molecule has 27 heavy (non-hydrogen) atoms. The molecular formula is C19H31N5O3. The van der Waals surface area contributed by atoms with Gasteiger partial charge in [-0.05, 0) is 31.9 Å². The summed E-state index contributed by atoms with van der Waals surface area (Å²) in [6.07, 6.45) is 3.07. The summed E-state index contributed by atoms with van der Waals surface area (Å²) in [6.45, 7) is 8.69. The van der Waals surface area contributed by atoms with Crippen molar-refractivity contribution in [1.29, 1.82) is 0 Å². The summed E-state index contributed by atoms with van der Waals surface area (Å²) >= 11 is 0. The van der Waals surface area contributed by atoms with Crippen LogP contribution in [-0.4, -0.2) is 90.6 Å². The molecule has 2 fully saturated rings. The molecular weight excluding hydrogens is 346 g/mol. The van der Waals surface area contributed by atoms with E-state index in [2.05, 4.69) is 20.1 Å². The Morgan fingerprint density at radius 1 is 1.22 bits per heavy atom. The molecule has 8 heteroatoms. The van der Waals surface area contributed by atoms with Gasteiger partial charge in [0.25, 0.3) is 0 Å². The Bertz CT molecular complexity index is 605. The van der Waals surface area contributed by atoms with E-state index in [0.717, 1.165) is 64.6 Å². The van der Waals surface area contributed by atoms with Gasteiger partial charge in [-0.1, -0.05) is 0 Å². The highest BCUT2D eigenvalue weighted by atomic mass is 16.4. The third-order valence-corrected chi connectivity index (χ3v) is 5.11. The fraction of sp³-hybridized carbons (Fsp3) is 0.684. The number of rotatable bonds is 6. The highest BCUT2D eigenvalue weighted by molar-refractivity contribution is 5.80. The minimum Gasteiger partial charge on any atom is -0.467 e. The lowest BCUT2D eigenvalue weighted by molar-refractivity contribution is -0.131. The first-order valence-electron chi connectivity index (χ1n) is 9.92. The molecule has 2 aliphatic heterocycles. The largest absolute Gasteiger partial charge is 0.467 e. The number of hydrogen-bond donors (Lipinski definition) is 2. The van der Waals surface area contributed by atoms with Crippen molar-refractivity contribution in [2.24, 2.45) is 4.99 Å². The fourth-order valence-electron chi connectivity index (χ4n) is 3.55. The maximum atomic E-state index is 12.3. The monoisotopic (exact) mass is 377 g/mol. The zero-order chi connectivity index (χ0) is 19.1. The molecule has 1 atom stereocenters. The van der Waals surface area contributed by atoms with Gasteiger partial charge in [0.1, 0.15) is 11.9 Å². The van der Waals surface area contributed by atoms with Crippen LogP contribution in [0.25, 0.3) is 0 Å². The molecule has 2 saturated heterocycles. The molecule has 3 rings (SSSR count). The number of carbonyl (C=O) groups excluding carboxylic acids is 1. The summed E-state index contributed by atoms with van der Waals surface area (Å²) in [5, 5.41) is 13.5. The molecule has 1 aromatic heterocycles. The third kappa shape index (κ3) is 5.46. The van der Waals surface area contributed by atoms with Gasteiger partial charge in [-0.15, -0.1) is 0 Å². The summed E-state index contributed by atoms with van der Waals surface area (Å²) in [6, 6.07) is 3.51. The summed E-state index contributed by atoms with van der Waals surface area (Å²) in [7, 11) is 0. The first-order valence-corrected chi connectivity index (χ1v) is 9.92. The molecule has 0 bridgehead atoms. The van der Waals surface area contributed by atoms with Crippen molar-refractivity contribution in [1.82, 2.24) is 20.0 Å². The Morgan fingerprint density at radius 2 is 1.96 bits per heavy atom. The Hall–Kier alpha value is -2.06. The SMILES string of the molecule is CCNC(=NCC(O)c1ccco1)N1CCN(CC(=O)N2CCCC2)CC1. The number of hydrogen-bond acceptors (Lipinski definition) is 5. The molecule has 2 N–H and O–H groups in total. The van der Waals surface area contributed by atoms with Crippen molar-refractivity contribution < 1.29 is 14.3 Å². The lowest BCUT2D eigenvalue weighted by Crippen LogP contribution is -2.54. The van der Waals surface area contributed by atoms with Crippen LogP contribution in [0, 0.1) is 0 Å². The van der Waals surface area contributed by atoms with Crippen LogP contribution >= 0.6 is 0 Å². The number of likely N-dealkylation sites (tertiary alicyclic amines) is 1. The van der Waals surface area contributed by atoms with E-state index in [9.17, 15) is 9.90 Å². The smallest absolute Gasteiger partial charge is 0.236 e. The zero-order valence-corrected chi connectivity index (χ0v) is 16.1. The van der Waals surface area contributed by atoms with Gasteiger partial charge in [-0.2, -0.15) is 0 Å². The number of nitrogens with zero attached hydrogens (tertiary/aromatic N) is 4. The molecule has 0 saturated carbocycles. The number of furan rings is 1. The van der Waals surface area contributed by atoms with Crippen molar-refractivity contribution in [3.8, 4) is 0 Å². The Labute approximate surface area is 160 Å². The number of piperazine rings is 1.